The van der Waals surface area contributed by atoms with E-state index in [1.54, 1.807) is 6.92 Å². The van der Waals surface area contributed by atoms with Crippen LogP contribution in [0.4, 0.5) is 8.78 Å². The third-order valence-corrected chi connectivity index (χ3v) is 4.52. The first-order valence-electron chi connectivity index (χ1n) is 6.46. The standard InChI is InChI=1S/C14H14F2N4OS/c1-10(22-5-4-17)14(21,7-20-9-18-8-19-20)12-3-2-11(15)6-13(12)16/h2-3,6,8-10,21H,5,7H2,1H3/t10-,14-/m1/s1. The van der Waals surface area contributed by atoms with E-state index in [1.807, 2.05) is 6.07 Å². The van der Waals surface area contributed by atoms with Gasteiger partial charge < -0.3 is 5.11 Å². The van der Waals surface area contributed by atoms with Crippen molar-refractivity contribution < 1.29 is 13.9 Å². The molecule has 0 radical (unpaired) electrons. The molecule has 0 amide bonds. The maximum atomic E-state index is 14.1. The van der Waals surface area contributed by atoms with Gasteiger partial charge in [0.25, 0.3) is 0 Å². The van der Waals surface area contributed by atoms with Gasteiger partial charge in [-0.05, 0) is 6.07 Å². The molecule has 2 aromatic rings. The molecule has 116 valence electrons. The third-order valence-electron chi connectivity index (χ3n) is 3.34. The van der Waals surface area contributed by atoms with Crippen molar-refractivity contribution in [3.8, 4) is 6.07 Å². The SMILES string of the molecule is C[C@@H](SCC#N)[C@](O)(Cn1cncn1)c1ccc(F)cc1F. The van der Waals surface area contributed by atoms with E-state index in [4.69, 9.17) is 5.26 Å². The molecular formula is C14H14F2N4OS. The summed E-state index contributed by atoms with van der Waals surface area (Å²) in [5.74, 6) is -1.42. The largest absolute Gasteiger partial charge is 0.382 e. The fourth-order valence-electron chi connectivity index (χ4n) is 2.13. The van der Waals surface area contributed by atoms with Crippen LogP contribution in [0.1, 0.15) is 12.5 Å². The predicted octanol–water partition coefficient (Wildman–Crippen LogP) is 2.09. The molecule has 0 aliphatic carbocycles. The maximum Gasteiger partial charge on any atom is 0.137 e. The zero-order valence-electron chi connectivity index (χ0n) is 11.8. The van der Waals surface area contributed by atoms with Crippen molar-refractivity contribution in [1.29, 1.82) is 5.26 Å². The number of benzene rings is 1. The van der Waals surface area contributed by atoms with E-state index in [0.29, 0.717) is 0 Å². The summed E-state index contributed by atoms with van der Waals surface area (Å²) in [6.07, 6.45) is 2.70. The normalized spacial score (nSPS) is 15.0. The van der Waals surface area contributed by atoms with Gasteiger partial charge in [0.1, 0.15) is 29.9 Å². The van der Waals surface area contributed by atoms with Crippen molar-refractivity contribution >= 4 is 11.8 Å². The van der Waals surface area contributed by atoms with Crippen LogP contribution in [0.2, 0.25) is 0 Å². The summed E-state index contributed by atoms with van der Waals surface area (Å²) in [5, 5.41) is 23.1. The fraction of sp³-hybridized carbons (Fsp3) is 0.357. The van der Waals surface area contributed by atoms with Crippen molar-refractivity contribution in [1.82, 2.24) is 14.8 Å². The summed E-state index contributed by atoms with van der Waals surface area (Å²) in [7, 11) is 0. The van der Waals surface area contributed by atoms with Crippen LogP contribution in [0, 0.1) is 23.0 Å². The van der Waals surface area contributed by atoms with Crippen LogP contribution in [0.25, 0.3) is 0 Å². The number of hydrogen-bond acceptors (Lipinski definition) is 5. The van der Waals surface area contributed by atoms with Crippen LogP contribution in [0.15, 0.2) is 30.9 Å². The quantitative estimate of drug-likeness (QED) is 0.880. The predicted molar refractivity (Wildman–Crippen MR) is 77.8 cm³/mol. The third kappa shape index (κ3) is 3.43. The molecule has 2 rings (SSSR count). The monoisotopic (exact) mass is 324 g/mol. The van der Waals surface area contributed by atoms with Gasteiger partial charge in [-0.2, -0.15) is 10.4 Å². The lowest BCUT2D eigenvalue weighted by Gasteiger charge is -2.34. The molecule has 0 spiro atoms. The van der Waals surface area contributed by atoms with E-state index >= 15 is 0 Å². The average molecular weight is 324 g/mol. The second kappa shape index (κ2) is 6.85. The van der Waals surface area contributed by atoms with Gasteiger partial charge in [-0.1, -0.05) is 13.0 Å². The molecule has 22 heavy (non-hydrogen) atoms. The Hall–Kier alpha value is -1.98. The van der Waals surface area contributed by atoms with E-state index in [0.717, 1.165) is 12.1 Å². The van der Waals surface area contributed by atoms with Gasteiger partial charge >= 0.3 is 0 Å². The number of aromatic nitrogens is 3. The minimum atomic E-state index is -1.66. The summed E-state index contributed by atoms with van der Waals surface area (Å²) in [6.45, 7) is 1.62. The number of hydrogen-bond donors (Lipinski definition) is 1. The highest BCUT2D eigenvalue weighted by Gasteiger charge is 2.39. The number of nitriles is 1. The van der Waals surface area contributed by atoms with Gasteiger partial charge in [-0.3, -0.25) is 0 Å². The van der Waals surface area contributed by atoms with E-state index < -0.39 is 22.5 Å². The Bertz CT molecular complexity index is 674. The lowest BCUT2D eigenvalue weighted by molar-refractivity contribution is 0.0134. The van der Waals surface area contributed by atoms with Crippen LogP contribution in [0.3, 0.4) is 0 Å². The van der Waals surface area contributed by atoms with E-state index in [1.165, 1.54) is 35.2 Å². The van der Waals surface area contributed by atoms with Gasteiger partial charge in [-0.25, -0.2) is 18.4 Å². The molecular weight excluding hydrogens is 310 g/mol. The van der Waals surface area contributed by atoms with Crippen LogP contribution >= 0.6 is 11.8 Å². The Balaban J connectivity index is 2.41. The average Bonchev–Trinajstić information content (AvgIpc) is 2.97. The number of halogens is 2. The van der Waals surface area contributed by atoms with Crippen LogP contribution in [0.5, 0.6) is 0 Å². The van der Waals surface area contributed by atoms with Crippen LogP contribution < -0.4 is 0 Å². The smallest absolute Gasteiger partial charge is 0.137 e. The summed E-state index contributed by atoms with van der Waals surface area (Å²) < 4.78 is 28.6. The molecule has 1 heterocycles. The molecule has 0 unspecified atom stereocenters. The van der Waals surface area contributed by atoms with Crippen LogP contribution in [-0.2, 0) is 12.1 Å². The Morgan fingerprint density at radius 1 is 1.50 bits per heavy atom. The molecule has 0 aliphatic heterocycles. The van der Waals surface area contributed by atoms with Crippen molar-refractivity contribution in [3.63, 3.8) is 0 Å². The highest BCUT2D eigenvalue weighted by atomic mass is 32.2. The van der Waals surface area contributed by atoms with Crippen molar-refractivity contribution in [3.05, 3.63) is 48.1 Å². The molecule has 0 aliphatic rings. The number of rotatable bonds is 6. The first-order valence-corrected chi connectivity index (χ1v) is 7.51. The van der Waals surface area contributed by atoms with E-state index in [9.17, 15) is 13.9 Å². The molecule has 0 saturated heterocycles. The summed E-state index contributed by atoms with van der Waals surface area (Å²) >= 11 is 1.18. The number of thioether (sulfide) groups is 1. The molecule has 0 bridgehead atoms. The van der Waals surface area contributed by atoms with Gasteiger partial charge in [0.15, 0.2) is 0 Å². The molecule has 5 nitrogen and oxygen atoms in total. The first kappa shape index (κ1) is 16.4. The Labute approximate surface area is 130 Å². The lowest BCUT2D eigenvalue weighted by atomic mass is 9.90. The molecule has 8 heteroatoms. The maximum absolute atomic E-state index is 14.1. The summed E-state index contributed by atoms with van der Waals surface area (Å²) in [4.78, 5) is 3.79. The Kier molecular flexibility index (Phi) is 5.11. The molecule has 0 fully saturated rings. The molecule has 1 N–H and O–H groups in total. The second-order valence-electron chi connectivity index (χ2n) is 4.75. The molecule has 1 aromatic heterocycles. The van der Waals surface area contributed by atoms with Crippen LogP contribution in [-0.4, -0.2) is 30.9 Å². The Morgan fingerprint density at radius 2 is 2.27 bits per heavy atom. The highest BCUT2D eigenvalue weighted by molar-refractivity contribution is 8.00. The van der Waals surface area contributed by atoms with Crippen molar-refractivity contribution in [2.75, 3.05) is 5.75 Å². The van der Waals surface area contributed by atoms with E-state index in [-0.39, 0.29) is 17.9 Å². The van der Waals surface area contributed by atoms with Gasteiger partial charge in [0.2, 0.25) is 0 Å². The van der Waals surface area contributed by atoms with E-state index in [2.05, 4.69) is 10.1 Å². The van der Waals surface area contributed by atoms with Gasteiger partial charge in [0.05, 0.1) is 18.4 Å². The molecule has 1 aromatic carbocycles. The number of aliphatic hydroxyl groups is 1. The lowest BCUT2D eigenvalue weighted by Crippen LogP contribution is -2.41. The zero-order valence-corrected chi connectivity index (χ0v) is 12.6. The molecule has 0 saturated carbocycles. The number of nitrogens with zero attached hydrogens (tertiary/aromatic N) is 4. The molecule has 2 atom stereocenters. The highest BCUT2D eigenvalue weighted by Crippen LogP contribution is 2.35. The fourth-order valence-corrected chi connectivity index (χ4v) is 2.94. The Morgan fingerprint density at radius 3 is 2.86 bits per heavy atom. The first-order chi connectivity index (χ1) is 10.5. The minimum absolute atomic E-state index is 0.0395. The summed E-state index contributed by atoms with van der Waals surface area (Å²) in [5.41, 5.74) is -1.70. The van der Waals surface area contributed by atoms with Crippen molar-refractivity contribution in [2.24, 2.45) is 0 Å². The van der Waals surface area contributed by atoms with Gasteiger partial charge in [-0.15, -0.1) is 11.8 Å². The zero-order chi connectivity index (χ0) is 16.2. The minimum Gasteiger partial charge on any atom is -0.382 e. The second-order valence-corrected chi connectivity index (χ2v) is 6.08. The summed E-state index contributed by atoms with van der Waals surface area (Å²) in [6, 6.07) is 5.00. The van der Waals surface area contributed by atoms with Gasteiger partial charge in [0, 0.05) is 16.9 Å². The topological polar surface area (TPSA) is 74.7 Å². The van der Waals surface area contributed by atoms with Crippen molar-refractivity contribution in [2.45, 2.75) is 24.3 Å².